The molecule has 1 aliphatic heterocycles. The lowest BCUT2D eigenvalue weighted by Crippen LogP contribution is -2.41. The van der Waals surface area contributed by atoms with Gasteiger partial charge in [0.25, 0.3) is 0 Å². The number of amides is 1. The molecule has 4 aromatic rings. The van der Waals surface area contributed by atoms with Crippen LogP contribution in [0.4, 0.5) is 5.69 Å². The molecule has 4 heterocycles. The molecule has 1 saturated heterocycles. The molecule has 0 spiro atoms. The predicted octanol–water partition coefficient (Wildman–Crippen LogP) is 2.85. The van der Waals surface area contributed by atoms with Crippen LogP contribution in [0.2, 0.25) is 0 Å². The topological polar surface area (TPSA) is 110 Å². The molecule has 0 saturated carbocycles. The molecule has 1 aliphatic rings. The van der Waals surface area contributed by atoms with Crippen LogP contribution in [0.5, 0.6) is 0 Å². The van der Waals surface area contributed by atoms with Crippen LogP contribution in [-0.4, -0.2) is 51.2 Å². The Balaban J connectivity index is 1.21. The number of rotatable bonds is 5. The maximum absolute atomic E-state index is 12.8. The Labute approximate surface area is 191 Å². The largest absolute Gasteiger partial charge is 0.324 e. The lowest BCUT2D eigenvalue weighted by molar-refractivity contribution is -0.120. The minimum absolute atomic E-state index is 0.129. The minimum Gasteiger partial charge on any atom is -0.324 e. The van der Waals surface area contributed by atoms with Crippen molar-refractivity contribution in [3.63, 3.8) is 0 Å². The summed E-state index contributed by atoms with van der Waals surface area (Å²) >= 11 is 0. The summed E-state index contributed by atoms with van der Waals surface area (Å²) in [4.78, 5) is 25.6. The quantitative estimate of drug-likeness (QED) is 0.488. The van der Waals surface area contributed by atoms with Crippen LogP contribution in [0.1, 0.15) is 12.8 Å². The molecule has 33 heavy (non-hydrogen) atoms. The number of pyridine rings is 2. The zero-order chi connectivity index (χ0) is 22.8. The number of nitrogens with zero attached hydrogens (tertiary/aromatic N) is 5. The Morgan fingerprint density at radius 2 is 1.79 bits per heavy atom. The van der Waals surface area contributed by atoms with Gasteiger partial charge in [-0.2, -0.15) is 4.31 Å². The van der Waals surface area contributed by atoms with E-state index in [1.165, 1.54) is 22.8 Å². The highest BCUT2D eigenvalue weighted by Crippen LogP contribution is 2.25. The first-order valence-electron chi connectivity index (χ1n) is 10.6. The van der Waals surface area contributed by atoms with Crippen LogP contribution in [0.25, 0.3) is 16.9 Å². The molecule has 0 bridgehead atoms. The van der Waals surface area contributed by atoms with Gasteiger partial charge in [0.1, 0.15) is 17.0 Å². The first-order valence-corrected chi connectivity index (χ1v) is 12.1. The standard InChI is InChI=1S/C23H22N6O3S/c30-23(17-9-12-28(13-10-17)33(31,32)19-4-3-11-24-15-19)27-18-7-8-22(25-14-18)29-16-26-20-5-1-2-6-21(20)29/h1-8,11,14-17H,9-10,12-13H2,(H,27,30). The number of fused-ring (bicyclic) bond motifs is 1. The van der Waals surface area contributed by atoms with Crippen molar-refractivity contribution in [2.24, 2.45) is 5.92 Å². The van der Waals surface area contributed by atoms with Crippen molar-refractivity contribution < 1.29 is 13.2 Å². The van der Waals surface area contributed by atoms with E-state index in [9.17, 15) is 13.2 Å². The molecule has 0 radical (unpaired) electrons. The maximum atomic E-state index is 12.8. The van der Waals surface area contributed by atoms with E-state index in [1.54, 1.807) is 24.7 Å². The van der Waals surface area contributed by atoms with Gasteiger partial charge in [0, 0.05) is 31.4 Å². The van der Waals surface area contributed by atoms with Crippen molar-refractivity contribution in [3.8, 4) is 5.82 Å². The Morgan fingerprint density at radius 3 is 2.52 bits per heavy atom. The highest BCUT2D eigenvalue weighted by molar-refractivity contribution is 7.89. The number of imidazole rings is 1. The van der Waals surface area contributed by atoms with E-state index in [1.807, 2.05) is 34.9 Å². The summed E-state index contributed by atoms with van der Waals surface area (Å²) in [7, 11) is -3.59. The number of aromatic nitrogens is 4. The van der Waals surface area contributed by atoms with E-state index < -0.39 is 10.0 Å². The van der Waals surface area contributed by atoms with Gasteiger partial charge in [-0.3, -0.25) is 14.3 Å². The molecule has 1 amide bonds. The van der Waals surface area contributed by atoms with Crippen molar-refractivity contribution >= 4 is 32.7 Å². The third-order valence-corrected chi connectivity index (χ3v) is 7.69. The Hall–Kier alpha value is -3.63. The Kier molecular flexibility index (Phi) is 5.61. The zero-order valence-corrected chi connectivity index (χ0v) is 18.5. The second-order valence-corrected chi connectivity index (χ2v) is 9.80. The van der Waals surface area contributed by atoms with Crippen LogP contribution in [-0.2, 0) is 14.8 Å². The van der Waals surface area contributed by atoms with Crippen molar-refractivity contribution in [1.29, 1.82) is 0 Å². The number of carbonyl (C=O) groups is 1. The van der Waals surface area contributed by atoms with Crippen LogP contribution >= 0.6 is 0 Å². The van der Waals surface area contributed by atoms with E-state index in [2.05, 4.69) is 20.3 Å². The fourth-order valence-corrected chi connectivity index (χ4v) is 5.43. The number of hydrogen-bond acceptors (Lipinski definition) is 6. The molecule has 1 N–H and O–H groups in total. The van der Waals surface area contributed by atoms with Gasteiger partial charge in [-0.15, -0.1) is 0 Å². The van der Waals surface area contributed by atoms with Crippen molar-refractivity contribution in [1.82, 2.24) is 23.8 Å². The summed E-state index contributed by atoms with van der Waals surface area (Å²) in [5.41, 5.74) is 2.43. The summed E-state index contributed by atoms with van der Waals surface area (Å²) in [5.74, 6) is 0.314. The summed E-state index contributed by atoms with van der Waals surface area (Å²) in [6, 6.07) is 14.6. The zero-order valence-electron chi connectivity index (χ0n) is 17.7. The number of sulfonamides is 1. The van der Waals surface area contributed by atoms with Crippen LogP contribution in [0, 0.1) is 5.92 Å². The monoisotopic (exact) mass is 462 g/mol. The van der Waals surface area contributed by atoms with Gasteiger partial charge in [0.15, 0.2) is 0 Å². The molecule has 3 aromatic heterocycles. The predicted molar refractivity (Wildman–Crippen MR) is 123 cm³/mol. The van der Waals surface area contributed by atoms with Gasteiger partial charge >= 0.3 is 0 Å². The summed E-state index contributed by atoms with van der Waals surface area (Å²) in [5, 5.41) is 2.90. The molecule has 1 fully saturated rings. The van der Waals surface area contributed by atoms with Gasteiger partial charge in [0.05, 0.1) is 22.9 Å². The van der Waals surface area contributed by atoms with Crippen LogP contribution in [0.15, 0.2) is 78.3 Å². The SMILES string of the molecule is O=C(Nc1ccc(-n2cnc3ccccc32)nc1)C1CCN(S(=O)(=O)c2cccnc2)CC1. The average molecular weight is 463 g/mol. The first kappa shape index (κ1) is 21.2. The van der Waals surface area contributed by atoms with Crippen molar-refractivity contribution in [3.05, 3.63) is 73.4 Å². The third kappa shape index (κ3) is 4.22. The molecule has 1 aromatic carbocycles. The van der Waals surface area contributed by atoms with E-state index in [-0.39, 0.29) is 16.7 Å². The molecule has 0 unspecified atom stereocenters. The molecule has 9 nitrogen and oxygen atoms in total. The molecule has 0 atom stereocenters. The van der Waals surface area contributed by atoms with E-state index in [4.69, 9.17) is 0 Å². The van der Waals surface area contributed by atoms with E-state index in [0.717, 1.165) is 11.0 Å². The highest BCUT2D eigenvalue weighted by atomic mass is 32.2. The van der Waals surface area contributed by atoms with Gasteiger partial charge in [-0.1, -0.05) is 12.1 Å². The smallest absolute Gasteiger partial charge is 0.244 e. The maximum Gasteiger partial charge on any atom is 0.244 e. The van der Waals surface area contributed by atoms with E-state index in [0.29, 0.717) is 37.4 Å². The fraction of sp³-hybridized carbons (Fsp3) is 0.217. The molecule has 168 valence electrons. The van der Waals surface area contributed by atoms with E-state index >= 15 is 0 Å². The van der Waals surface area contributed by atoms with Crippen LogP contribution < -0.4 is 5.32 Å². The lowest BCUT2D eigenvalue weighted by Gasteiger charge is -2.30. The number of carbonyl (C=O) groups excluding carboxylic acids is 1. The third-order valence-electron chi connectivity index (χ3n) is 5.81. The number of para-hydroxylation sites is 2. The van der Waals surface area contributed by atoms with Gasteiger partial charge in [-0.05, 0) is 49.2 Å². The van der Waals surface area contributed by atoms with Crippen molar-refractivity contribution in [2.75, 3.05) is 18.4 Å². The number of piperidine rings is 1. The Bertz CT molecular complexity index is 1380. The number of hydrogen-bond donors (Lipinski definition) is 1. The van der Waals surface area contributed by atoms with Crippen molar-refractivity contribution in [2.45, 2.75) is 17.7 Å². The highest BCUT2D eigenvalue weighted by Gasteiger charge is 2.32. The number of anilines is 1. The molecule has 0 aliphatic carbocycles. The van der Waals surface area contributed by atoms with Gasteiger partial charge < -0.3 is 5.32 Å². The molecular weight excluding hydrogens is 440 g/mol. The normalized spacial score (nSPS) is 15.5. The summed E-state index contributed by atoms with van der Waals surface area (Å²) in [6.07, 6.45) is 7.13. The fourth-order valence-electron chi connectivity index (χ4n) is 4.00. The summed E-state index contributed by atoms with van der Waals surface area (Å²) < 4.78 is 28.8. The average Bonchev–Trinajstić information content (AvgIpc) is 3.29. The number of benzene rings is 1. The minimum atomic E-state index is -3.59. The second-order valence-electron chi connectivity index (χ2n) is 7.86. The van der Waals surface area contributed by atoms with Gasteiger partial charge in [0.2, 0.25) is 15.9 Å². The first-order chi connectivity index (χ1) is 16.0. The van der Waals surface area contributed by atoms with Gasteiger partial charge in [-0.25, -0.2) is 18.4 Å². The molecular formula is C23H22N6O3S. The number of nitrogens with one attached hydrogen (secondary N) is 1. The summed E-state index contributed by atoms with van der Waals surface area (Å²) in [6.45, 7) is 0.584. The second kappa shape index (κ2) is 8.72. The molecule has 10 heteroatoms. The lowest BCUT2D eigenvalue weighted by atomic mass is 9.97. The molecule has 5 rings (SSSR count). The Morgan fingerprint density at radius 1 is 0.970 bits per heavy atom. The van der Waals surface area contributed by atoms with Crippen LogP contribution in [0.3, 0.4) is 0 Å².